The van der Waals surface area contributed by atoms with Crippen LogP contribution in [0.4, 0.5) is 5.82 Å². The van der Waals surface area contributed by atoms with E-state index in [1.165, 1.54) is 16.0 Å². The molecule has 0 fully saturated rings. The largest absolute Gasteiger partial charge is 0.490 e. The summed E-state index contributed by atoms with van der Waals surface area (Å²) in [7, 11) is 0. The summed E-state index contributed by atoms with van der Waals surface area (Å²) in [5.41, 5.74) is 2.30. The van der Waals surface area contributed by atoms with E-state index in [-0.39, 0.29) is 11.5 Å². The van der Waals surface area contributed by atoms with Crippen LogP contribution in [0.5, 0.6) is 17.2 Å². The highest BCUT2D eigenvalue weighted by Crippen LogP contribution is 2.39. The van der Waals surface area contributed by atoms with Crippen molar-refractivity contribution in [3.05, 3.63) is 62.9 Å². The highest BCUT2D eigenvalue weighted by atomic mass is 32.1. The Bertz CT molecular complexity index is 1500. The molecule has 10 nitrogen and oxygen atoms in total. The first kappa shape index (κ1) is 26.5. The van der Waals surface area contributed by atoms with Crippen molar-refractivity contribution in [1.29, 1.82) is 0 Å². The van der Waals surface area contributed by atoms with Crippen LogP contribution >= 0.6 is 11.3 Å². The summed E-state index contributed by atoms with van der Waals surface area (Å²) in [6.45, 7) is 6.80. The number of nitrogens with zero attached hydrogens (tertiary/aromatic N) is 3. The van der Waals surface area contributed by atoms with Gasteiger partial charge in [-0.15, -0.1) is 11.3 Å². The van der Waals surface area contributed by atoms with Gasteiger partial charge in [0.1, 0.15) is 11.5 Å². The molecule has 39 heavy (non-hydrogen) atoms. The fourth-order valence-corrected chi connectivity index (χ4v) is 5.26. The molecule has 0 bridgehead atoms. The van der Waals surface area contributed by atoms with Crippen molar-refractivity contribution in [2.75, 3.05) is 25.1 Å². The summed E-state index contributed by atoms with van der Waals surface area (Å²) in [6, 6.07) is 8.91. The highest BCUT2D eigenvalue weighted by Gasteiger charge is 2.23. The molecule has 3 heterocycles. The number of carbonyl (C=O) groups is 1. The van der Waals surface area contributed by atoms with Gasteiger partial charge in [-0.05, 0) is 70.0 Å². The minimum absolute atomic E-state index is 0.172. The second kappa shape index (κ2) is 11.7. The van der Waals surface area contributed by atoms with Crippen LogP contribution in [-0.4, -0.2) is 45.5 Å². The molecule has 0 saturated carbocycles. The van der Waals surface area contributed by atoms with E-state index in [4.69, 9.17) is 24.3 Å². The van der Waals surface area contributed by atoms with Crippen LogP contribution in [0.15, 0.2) is 40.5 Å². The van der Waals surface area contributed by atoms with Crippen LogP contribution in [-0.2, 0) is 12.8 Å². The lowest BCUT2D eigenvalue weighted by molar-refractivity contribution is 0.102. The number of benzene rings is 1. The molecule has 2 N–H and O–H groups in total. The zero-order valence-corrected chi connectivity index (χ0v) is 23.0. The number of fused-ring (bicyclic) bond motifs is 1. The van der Waals surface area contributed by atoms with Crippen molar-refractivity contribution >= 4 is 23.1 Å². The third kappa shape index (κ3) is 5.53. The smallest absolute Gasteiger partial charge is 0.257 e. The number of H-pyrrole nitrogens is 1. The monoisotopic (exact) mass is 549 g/mol. The van der Waals surface area contributed by atoms with Crippen molar-refractivity contribution < 1.29 is 19.0 Å². The van der Waals surface area contributed by atoms with Crippen molar-refractivity contribution in [1.82, 2.24) is 19.7 Å². The Labute approximate surface area is 230 Å². The van der Waals surface area contributed by atoms with Crippen LogP contribution in [0, 0.1) is 0 Å². The van der Waals surface area contributed by atoms with Gasteiger partial charge in [0.2, 0.25) is 11.7 Å². The van der Waals surface area contributed by atoms with E-state index < -0.39 is 5.91 Å². The standard InChI is InChI=1S/C28H31N5O5S/c1-4-36-21-14-17(15-22(37-5-2)25(21)38-6-3)26(34)30-24-16-20(23-12-9-13-39-23)32-33(24)28-29-19-11-8-7-10-18(19)27(35)31-28/h9,12-16H,4-8,10-11H2,1-3H3,(H,30,34)(H,29,31,35). The molecule has 0 unspecified atom stereocenters. The van der Waals surface area contributed by atoms with Gasteiger partial charge in [-0.25, -0.2) is 4.98 Å². The molecule has 1 aromatic carbocycles. The van der Waals surface area contributed by atoms with E-state index in [9.17, 15) is 9.59 Å². The number of aryl methyl sites for hydroxylation is 1. The van der Waals surface area contributed by atoms with E-state index in [0.717, 1.165) is 35.4 Å². The number of amides is 1. The molecule has 204 valence electrons. The lowest BCUT2D eigenvalue weighted by Gasteiger charge is -2.17. The maximum Gasteiger partial charge on any atom is 0.257 e. The van der Waals surface area contributed by atoms with Gasteiger partial charge in [0, 0.05) is 17.2 Å². The van der Waals surface area contributed by atoms with Crippen LogP contribution in [0.1, 0.15) is 55.2 Å². The van der Waals surface area contributed by atoms with Gasteiger partial charge in [-0.1, -0.05) is 6.07 Å². The Morgan fingerprint density at radius 3 is 2.44 bits per heavy atom. The Kier molecular flexibility index (Phi) is 7.97. The van der Waals surface area contributed by atoms with Crippen LogP contribution < -0.4 is 25.1 Å². The average molecular weight is 550 g/mol. The lowest BCUT2D eigenvalue weighted by Crippen LogP contribution is -2.24. The SMILES string of the molecule is CCOc1cc(C(=O)Nc2cc(-c3cccs3)nn2-c2nc3c(c(=O)[nH]2)CCCC3)cc(OCC)c1OCC. The zero-order valence-electron chi connectivity index (χ0n) is 22.2. The summed E-state index contributed by atoms with van der Waals surface area (Å²) in [4.78, 5) is 35.0. The zero-order chi connectivity index (χ0) is 27.4. The highest BCUT2D eigenvalue weighted by molar-refractivity contribution is 7.13. The molecule has 1 amide bonds. The Morgan fingerprint density at radius 1 is 1.05 bits per heavy atom. The van der Waals surface area contributed by atoms with Gasteiger partial charge in [-0.2, -0.15) is 9.78 Å². The second-order valence-electron chi connectivity index (χ2n) is 8.88. The van der Waals surface area contributed by atoms with Crippen LogP contribution in [0.3, 0.4) is 0 Å². The lowest BCUT2D eigenvalue weighted by atomic mass is 9.97. The molecule has 11 heteroatoms. The van der Waals surface area contributed by atoms with E-state index in [0.29, 0.717) is 60.6 Å². The summed E-state index contributed by atoms with van der Waals surface area (Å²) >= 11 is 1.53. The Morgan fingerprint density at radius 2 is 1.77 bits per heavy atom. The van der Waals surface area contributed by atoms with E-state index >= 15 is 0 Å². The molecule has 0 atom stereocenters. The molecule has 1 aliphatic rings. The van der Waals surface area contributed by atoms with Crippen molar-refractivity contribution in [2.24, 2.45) is 0 Å². The van der Waals surface area contributed by atoms with E-state index in [2.05, 4.69) is 10.3 Å². The average Bonchev–Trinajstić information content (AvgIpc) is 3.61. The minimum Gasteiger partial charge on any atom is -0.490 e. The number of thiophene rings is 1. The van der Waals surface area contributed by atoms with Crippen molar-refractivity contribution in [2.45, 2.75) is 46.5 Å². The number of nitrogens with one attached hydrogen (secondary N) is 2. The summed E-state index contributed by atoms with van der Waals surface area (Å²) in [5.74, 6) is 1.52. The summed E-state index contributed by atoms with van der Waals surface area (Å²) < 4.78 is 18.8. The molecule has 4 aromatic rings. The molecule has 0 spiro atoms. The Balaban J connectivity index is 1.56. The molecule has 0 saturated heterocycles. The van der Waals surface area contributed by atoms with Crippen LogP contribution in [0.25, 0.3) is 16.5 Å². The molecule has 0 radical (unpaired) electrons. The molecule has 3 aromatic heterocycles. The first-order chi connectivity index (χ1) is 19.0. The quantitative estimate of drug-likeness (QED) is 0.285. The minimum atomic E-state index is -0.404. The number of aromatic nitrogens is 4. The molecular weight excluding hydrogens is 518 g/mol. The van der Waals surface area contributed by atoms with E-state index in [1.54, 1.807) is 18.2 Å². The first-order valence-corrected chi connectivity index (χ1v) is 14.0. The first-order valence-electron chi connectivity index (χ1n) is 13.2. The number of carbonyl (C=O) groups excluding carboxylic acids is 1. The number of hydrogen-bond acceptors (Lipinski definition) is 8. The fourth-order valence-electron chi connectivity index (χ4n) is 4.58. The number of rotatable bonds is 10. The van der Waals surface area contributed by atoms with Gasteiger partial charge in [0.15, 0.2) is 11.5 Å². The maximum absolute atomic E-state index is 13.6. The summed E-state index contributed by atoms with van der Waals surface area (Å²) in [5, 5.41) is 9.61. The molecule has 5 rings (SSSR count). The van der Waals surface area contributed by atoms with Gasteiger partial charge < -0.3 is 19.5 Å². The predicted molar refractivity (Wildman–Crippen MR) is 150 cm³/mol. The number of aromatic amines is 1. The topological polar surface area (TPSA) is 120 Å². The number of hydrogen-bond donors (Lipinski definition) is 2. The third-order valence-electron chi connectivity index (χ3n) is 6.28. The molecule has 0 aliphatic heterocycles. The predicted octanol–water partition coefficient (Wildman–Crippen LogP) is 5.01. The molecule has 1 aliphatic carbocycles. The number of anilines is 1. The van der Waals surface area contributed by atoms with Crippen molar-refractivity contribution in [3.63, 3.8) is 0 Å². The van der Waals surface area contributed by atoms with Gasteiger partial charge >= 0.3 is 0 Å². The normalized spacial score (nSPS) is 12.6. The Hall–Kier alpha value is -4.12. The van der Waals surface area contributed by atoms with Gasteiger partial charge in [0.05, 0.1) is 30.4 Å². The summed E-state index contributed by atoms with van der Waals surface area (Å²) in [6.07, 6.45) is 3.40. The fraction of sp³-hybridized carbons (Fsp3) is 0.357. The van der Waals surface area contributed by atoms with Gasteiger partial charge in [0.25, 0.3) is 11.5 Å². The van der Waals surface area contributed by atoms with Crippen molar-refractivity contribution in [3.8, 4) is 33.8 Å². The molecular formula is C28H31N5O5S. The van der Waals surface area contributed by atoms with Crippen LogP contribution in [0.2, 0.25) is 0 Å². The third-order valence-corrected chi connectivity index (χ3v) is 7.17. The number of ether oxygens (including phenoxy) is 3. The second-order valence-corrected chi connectivity index (χ2v) is 9.83. The maximum atomic E-state index is 13.6. The van der Waals surface area contributed by atoms with E-state index in [1.807, 2.05) is 38.3 Å². The van der Waals surface area contributed by atoms with Gasteiger partial charge in [-0.3, -0.25) is 14.6 Å².